The minimum absolute atomic E-state index is 0.0260. The van der Waals surface area contributed by atoms with Crippen molar-refractivity contribution >= 4 is 39.0 Å². The molecule has 1 saturated heterocycles. The lowest BCUT2D eigenvalue weighted by atomic mass is 9.97. The number of amides is 3. The summed E-state index contributed by atoms with van der Waals surface area (Å²) < 4.78 is 28.8. The van der Waals surface area contributed by atoms with Crippen LogP contribution in [0.3, 0.4) is 0 Å². The molecule has 0 bridgehead atoms. The van der Waals surface area contributed by atoms with Crippen molar-refractivity contribution in [3.05, 3.63) is 76.2 Å². The molecule has 13 heteroatoms. The number of aliphatic hydroxyl groups excluding tert-OH is 1. The Balaban J connectivity index is 1.34. The van der Waals surface area contributed by atoms with Crippen LogP contribution in [0.4, 0.5) is 10.5 Å². The normalized spacial score (nSPS) is 17.4. The minimum Gasteiger partial charge on any atom is -0.399 e. The van der Waals surface area contributed by atoms with Gasteiger partial charge in [-0.05, 0) is 60.9 Å². The number of aliphatic hydroxyl groups is 1. The molecule has 2 aromatic carbocycles. The van der Waals surface area contributed by atoms with Gasteiger partial charge in [-0.2, -0.15) is 4.31 Å². The summed E-state index contributed by atoms with van der Waals surface area (Å²) in [5, 5.41) is 17.9. The Kier molecular flexibility index (Phi) is 11.4. The number of urea groups is 1. The summed E-state index contributed by atoms with van der Waals surface area (Å²) in [7, 11) is -3.98. The summed E-state index contributed by atoms with van der Waals surface area (Å²) in [5.74, 6) is -0.0749. The van der Waals surface area contributed by atoms with Gasteiger partial charge in [0.2, 0.25) is 15.9 Å². The van der Waals surface area contributed by atoms with Crippen molar-refractivity contribution in [2.45, 2.75) is 82.5 Å². The molecule has 4 N–H and O–H groups in total. The van der Waals surface area contributed by atoms with Gasteiger partial charge in [-0.1, -0.05) is 58.0 Å². The summed E-state index contributed by atoms with van der Waals surface area (Å²) in [6.07, 6.45) is 1.36. The van der Waals surface area contributed by atoms with Crippen LogP contribution < -0.4 is 11.1 Å². The van der Waals surface area contributed by atoms with Crippen LogP contribution in [0.1, 0.15) is 62.7 Å². The lowest BCUT2D eigenvalue weighted by molar-refractivity contribution is -0.128. The molecule has 0 unspecified atom stereocenters. The number of aromatic nitrogens is 1. The third-order valence-electron chi connectivity index (χ3n) is 8.78. The highest BCUT2D eigenvalue weighted by molar-refractivity contribution is 7.89. The van der Waals surface area contributed by atoms with Crippen molar-refractivity contribution < 1.29 is 23.1 Å². The molecule has 1 aliphatic carbocycles. The van der Waals surface area contributed by atoms with Crippen LogP contribution >= 0.6 is 11.3 Å². The van der Waals surface area contributed by atoms with E-state index in [4.69, 9.17) is 10.7 Å². The zero-order valence-electron chi connectivity index (χ0n) is 28.2. The maximum Gasteiger partial charge on any atom is 0.321 e. The molecule has 1 aliphatic heterocycles. The van der Waals surface area contributed by atoms with E-state index in [2.05, 4.69) is 5.32 Å². The number of benzene rings is 2. The Morgan fingerprint density at radius 1 is 1.06 bits per heavy atom. The fourth-order valence-electron chi connectivity index (χ4n) is 6.14. The van der Waals surface area contributed by atoms with E-state index in [1.165, 1.54) is 41.4 Å². The molecular weight excluding hydrogens is 649 g/mol. The molecule has 5 rings (SSSR count). The number of rotatable bonds is 16. The highest BCUT2D eigenvalue weighted by Gasteiger charge is 2.41. The second kappa shape index (κ2) is 15.4. The quantitative estimate of drug-likeness (QED) is 0.189. The third kappa shape index (κ3) is 8.73. The van der Waals surface area contributed by atoms with Crippen molar-refractivity contribution in [3.8, 4) is 0 Å². The predicted octanol–water partition coefficient (Wildman–Crippen LogP) is 4.30. The van der Waals surface area contributed by atoms with Gasteiger partial charge in [-0.25, -0.2) is 18.2 Å². The number of carbonyl (C=O) groups is 2. The highest BCUT2D eigenvalue weighted by Crippen LogP contribution is 2.41. The highest BCUT2D eigenvalue weighted by atomic mass is 32.2. The zero-order valence-corrected chi connectivity index (χ0v) is 29.8. The molecular formula is C35H48N6O5S2. The number of hydrogen-bond donors (Lipinski definition) is 3. The van der Waals surface area contributed by atoms with Crippen LogP contribution in [-0.2, 0) is 27.8 Å². The van der Waals surface area contributed by atoms with Gasteiger partial charge in [0.1, 0.15) is 6.04 Å². The van der Waals surface area contributed by atoms with E-state index in [0.29, 0.717) is 31.2 Å². The molecule has 2 heterocycles. The summed E-state index contributed by atoms with van der Waals surface area (Å²) >= 11 is 1.64. The first-order valence-electron chi connectivity index (χ1n) is 16.7. The summed E-state index contributed by atoms with van der Waals surface area (Å²) in [6, 6.07) is 13.6. The number of sulfonamides is 1. The summed E-state index contributed by atoms with van der Waals surface area (Å²) in [5.41, 5.74) is 7.99. The first-order chi connectivity index (χ1) is 22.8. The maximum absolute atomic E-state index is 14.1. The number of nitrogens with two attached hydrogens (primary N) is 1. The van der Waals surface area contributed by atoms with E-state index in [1.807, 2.05) is 63.4 Å². The standard InChI is InChI=1S/C35H48N6O5S2/c1-23(2)19-40(48(45,46)29-14-12-27(36)13-15-29)21-31(42)30(18-25-8-6-5-7-9-25)38-33(43)32(24(3)4)41-17-16-39(35(41)44)20-28-22-47-34(37-28)26-10-11-26/h5-9,12-15,22-24,26,30-32,42H,10-11,16-21,36H2,1-4H3,(H,38,43)/t30-,31+,32-/m0/s1. The summed E-state index contributed by atoms with van der Waals surface area (Å²) in [4.78, 5) is 35.9. The predicted molar refractivity (Wildman–Crippen MR) is 188 cm³/mol. The van der Waals surface area contributed by atoms with Crippen LogP contribution in [0.15, 0.2) is 64.9 Å². The van der Waals surface area contributed by atoms with E-state index in [-0.39, 0.29) is 48.2 Å². The molecule has 0 spiro atoms. The Bertz CT molecular complexity index is 1640. The second-order valence-electron chi connectivity index (χ2n) is 13.7. The zero-order chi connectivity index (χ0) is 34.6. The number of carbonyl (C=O) groups excluding carboxylic acids is 2. The monoisotopic (exact) mass is 696 g/mol. The molecule has 3 aromatic rings. The van der Waals surface area contributed by atoms with Gasteiger partial charge >= 0.3 is 6.03 Å². The fourth-order valence-corrected chi connectivity index (χ4v) is 8.74. The number of nitrogens with one attached hydrogen (secondary N) is 1. The van der Waals surface area contributed by atoms with Crippen LogP contribution in [-0.4, -0.2) is 88.9 Å². The van der Waals surface area contributed by atoms with Crippen LogP contribution in [0, 0.1) is 11.8 Å². The fraction of sp³-hybridized carbons (Fsp3) is 0.514. The van der Waals surface area contributed by atoms with Crippen molar-refractivity contribution in [3.63, 3.8) is 0 Å². The van der Waals surface area contributed by atoms with E-state index < -0.39 is 28.2 Å². The Labute approximate surface area is 288 Å². The van der Waals surface area contributed by atoms with Crippen LogP contribution in [0.2, 0.25) is 0 Å². The Hall–Kier alpha value is -3.52. The van der Waals surface area contributed by atoms with E-state index in [1.54, 1.807) is 21.1 Å². The van der Waals surface area contributed by atoms with E-state index >= 15 is 0 Å². The largest absolute Gasteiger partial charge is 0.399 e. The summed E-state index contributed by atoms with van der Waals surface area (Å²) in [6.45, 7) is 8.82. The number of thiazole rings is 1. The topological polar surface area (TPSA) is 149 Å². The first-order valence-corrected chi connectivity index (χ1v) is 19.0. The molecule has 2 aliphatic rings. The maximum atomic E-state index is 14.1. The lowest BCUT2D eigenvalue weighted by Gasteiger charge is -2.34. The average molecular weight is 697 g/mol. The van der Waals surface area contributed by atoms with Crippen molar-refractivity contribution in [2.24, 2.45) is 11.8 Å². The number of hydrogen-bond acceptors (Lipinski definition) is 8. The van der Waals surface area contributed by atoms with Crippen molar-refractivity contribution in [1.29, 1.82) is 0 Å². The van der Waals surface area contributed by atoms with Gasteiger partial charge in [-0.15, -0.1) is 11.3 Å². The van der Waals surface area contributed by atoms with Gasteiger partial charge in [0.05, 0.1) is 34.3 Å². The number of nitrogens with zero attached hydrogens (tertiary/aromatic N) is 4. The van der Waals surface area contributed by atoms with Gasteiger partial charge in [-0.3, -0.25) is 4.79 Å². The smallest absolute Gasteiger partial charge is 0.321 e. The number of nitrogen functional groups attached to an aromatic ring is 1. The molecule has 1 aromatic heterocycles. The van der Waals surface area contributed by atoms with Crippen molar-refractivity contribution in [2.75, 3.05) is 31.9 Å². The van der Waals surface area contributed by atoms with Crippen molar-refractivity contribution in [1.82, 2.24) is 24.4 Å². The molecule has 260 valence electrons. The Morgan fingerprint density at radius 2 is 1.75 bits per heavy atom. The molecule has 1 saturated carbocycles. The van der Waals surface area contributed by atoms with Gasteiger partial charge in [0.25, 0.3) is 0 Å². The first kappa shape index (κ1) is 35.8. The van der Waals surface area contributed by atoms with Crippen LogP contribution in [0.5, 0.6) is 0 Å². The number of anilines is 1. The minimum atomic E-state index is -3.98. The van der Waals surface area contributed by atoms with Gasteiger partial charge in [0.15, 0.2) is 0 Å². The molecule has 3 atom stereocenters. The second-order valence-corrected chi connectivity index (χ2v) is 16.5. The van der Waals surface area contributed by atoms with E-state index in [9.17, 15) is 23.1 Å². The average Bonchev–Trinajstić information content (AvgIpc) is 3.69. The van der Waals surface area contributed by atoms with Crippen LogP contribution in [0.25, 0.3) is 0 Å². The lowest BCUT2D eigenvalue weighted by Crippen LogP contribution is -2.57. The molecule has 11 nitrogen and oxygen atoms in total. The molecule has 48 heavy (non-hydrogen) atoms. The van der Waals surface area contributed by atoms with Gasteiger partial charge in [0, 0.05) is 43.2 Å². The Morgan fingerprint density at radius 3 is 2.38 bits per heavy atom. The molecule has 0 radical (unpaired) electrons. The SMILES string of the molecule is CC(C)CN(C[C@@H](O)[C@H](Cc1ccccc1)NC(=O)[C@H](C(C)C)N1CCN(Cc2csc(C3CC3)n2)C1=O)S(=O)(=O)c1ccc(N)cc1. The van der Waals surface area contributed by atoms with E-state index in [0.717, 1.165) is 16.3 Å². The molecule has 3 amide bonds. The molecule has 2 fully saturated rings. The third-order valence-corrected chi connectivity index (χ3v) is 11.7. The van der Waals surface area contributed by atoms with Gasteiger partial charge < -0.3 is 26.0 Å².